The summed E-state index contributed by atoms with van der Waals surface area (Å²) in [5.41, 5.74) is 10.4. The minimum atomic E-state index is -0.851. The molecule has 5 heterocycles. The first-order chi connectivity index (χ1) is 31.9. The van der Waals surface area contributed by atoms with Crippen LogP contribution in [0.15, 0.2) is 67.5 Å². The quantitative estimate of drug-likeness (QED) is 0.128. The van der Waals surface area contributed by atoms with Crippen molar-refractivity contribution >= 4 is 40.5 Å². The Bertz CT molecular complexity index is 2530. The lowest BCUT2D eigenvalue weighted by Crippen LogP contribution is -2.58. The van der Waals surface area contributed by atoms with Crippen molar-refractivity contribution in [3.8, 4) is 28.1 Å². The number of ether oxygens (including phenoxy) is 1. The van der Waals surface area contributed by atoms with Gasteiger partial charge in [0.15, 0.2) is 0 Å². The minimum Gasteiger partial charge on any atom is -0.508 e. The average molecular weight is 917 g/mol. The van der Waals surface area contributed by atoms with Crippen molar-refractivity contribution in [2.75, 3.05) is 53.9 Å². The largest absolute Gasteiger partial charge is 0.508 e. The van der Waals surface area contributed by atoms with E-state index in [-0.39, 0.29) is 55.5 Å². The highest BCUT2D eigenvalue weighted by atomic mass is 16.5. The van der Waals surface area contributed by atoms with Gasteiger partial charge in [-0.1, -0.05) is 46.4 Å². The molecule has 3 aliphatic rings. The van der Waals surface area contributed by atoms with Crippen LogP contribution in [0.5, 0.6) is 5.75 Å². The molecule has 67 heavy (non-hydrogen) atoms. The number of likely N-dealkylation sites (N-methyl/N-ethyl adjacent to an activating group) is 1. The van der Waals surface area contributed by atoms with Gasteiger partial charge in [-0.15, -0.1) is 0 Å². The number of rotatable bonds is 11. The molecular weight excluding hydrogens is 849 g/mol. The van der Waals surface area contributed by atoms with Gasteiger partial charge in [-0.25, -0.2) is 5.43 Å². The van der Waals surface area contributed by atoms with Crippen molar-refractivity contribution in [3.63, 3.8) is 0 Å². The molecule has 6 bridgehead atoms. The number of likely N-dealkylation sites (tertiary alicyclic amines) is 1. The number of aryl methyl sites for hydroxylation is 1. The van der Waals surface area contributed by atoms with Crippen LogP contribution in [0.3, 0.4) is 0 Å². The van der Waals surface area contributed by atoms with Crippen molar-refractivity contribution in [2.45, 2.75) is 91.9 Å². The van der Waals surface area contributed by atoms with Gasteiger partial charge >= 0.3 is 5.97 Å². The predicted molar refractivity (Wildman–Crippen MR) is 258 cm³/mol. The highest BCUT2D eigenvalue weighted by molar-refractivity contribution is 5.96. The van der Waals surface area contributed by atoms with Gasteiger partial charge in [-0.05, 0) is 123 Å². The van der Waals surface area contributed by atoms with Gasteiger partial charge in [0, 0.05) is 80.6 Å². The number of nitrogens with one attached hydrogen (secondary N) is 2. The summed E-state index contributed by atoms with van der Waals surface area (Å²) in [4.78, 5) is 78.5. The maximum Gasteiger partial charge on any atom is 0.324 e. The summed E-state index contributed by atoms with van der Waals surface area (Å²) in [6.07, 6.45) is 7.26. The van der Waals surface area contributed by atoms with Crippen molar-refractivity contribution in [1.29, 1.82) is 0 Å². The first-order valence-electron chi connectivity index (χ1n) is 23.7. The van der Waals surface area contributed by atoms with E-state index in [0.717, 1.165) is 44.4 Å². The van der Waals surface area contributed by atoms with Gasteiger partial charge in [0.2, 0.25) is 23.6 Å². The van der Waals surface area contributed by atoms with Gasteiger partial charge in [0.1, 0.15) is 17.8 Å². The van der Waals surface area contributed by atoms with Crippen LogP contribution in [0.25, 0.3) is 33.3 Å². The number of phenolic OH excluding ortho intramolecular Hbond substituents is 1. The molecule has 4 amide bonds. The molecule has 2 aromatic heterocycles. The van der Waals surface area contributed by atoms with Gasteiger partial charge in [0.05, 0.1) is 24.1 Å². The lowest BCUT2D eigenvalue weighted by Gasteiger charge is -2.36. The molecule has 0 radical (unpaired) electrons. The van der Waals surface area contributed by atoms with Gasteiger partial charge in [-0.2, -0.15) is 0 Å². The highest BCUT2D eigenvalue weighted by Gasteiger charge is 2.39. The number of pyridine rings is 1. The van der Waals surface area contributed by atoms with E-state index in [1.165, 1.54) is 16.0 Å². The van der Waals surface area contributed by atoms with Crippen LogP contribution in [0.2, 0.25) is 0 Å². The van der Waals surface area contributed by atoms with Crippen LogP contribution in [-0.4, -0.2) is 130 Å². The molecule has 2 aromatic carbocycles. The maximum atomic E-state index is 14.7. The van der Waals surface area contributed by atoms with E-state index in [4.69, 9.17) is 4.74 Å². The standard InChI is InChI=1S/C52H68N8O7/c1-10-45(62)58-20-17-35(30-58)49(64)57(9)46(32(3)4)48(63)54-28-37-22-33-21-36(24-39(61)23-33)34-14-15-44-41(25-34)42(47(59(44)11-2)40-16-18-53-27-38(40)29-56(7)8)26-52(5,6)31-67-51(66)43-13-12-19-60(55-43)50(37)65/h10,14-16,18,21,23-25,27,32,35,37,43,46,55,61H,1,11-13,17,19-20,22,26,28-31H2,2-9H3,(H,54,63)/t35-,37+,43-,46-/m0/s1. The van der Waals surface area contributed by atoms with Gasteiger partial charge in [-0.3, -0.25) is 34.0 Å². The van der Waals surface area contributed by atoms with Crippen molar-refractivity contribution in [3.05, 3.63) is 84.2 Å². The van der Waals surface area contributed by atoms with E-state index in [1.807, 2.05) is 46.4 Å². The van der Waals surface area contributed by atoms with E-state index in [9.17, 15) is 29.1 Å². The SMILES string of the molecule is C=CC(=O)N1CC[C@H](C(=O)N(C)[C@H](C(=O)NC[C@H]2Cc3cc(O)cc(c3)-c3ccc4c(c3)c(c(-c3ccncc3CN(C)C)n4CC)CC(C)(C)COC(=O)[C@@H]3CCCN(N3)C2=O)C(C)C)C1. The molecule has 0 unspecified atom stereocenters. The molecule has 2 saturated heterocycles. The van der Waals surface area contributed by atoms with Crippen LogP contribution in [-0.2, 0) is 54.6 Å². The van der Waals surface area contributed by atoms with E-state index in [0.29, 0.717) is 57.4 Å². The number of carbonyl (C=O) groups is 5. The summed E-state index contributed by atoms with van der Waals surface area (Å²) < 4.78 is 8.47. The third-order valence-electron chi connectivity index (χ3n) is 13.5. The molecule has 3 N–H and O–H groups in total. The van der Waals surface area contributed by atoms with Crippen molar-refractivity contribution < 1.29 is 33.8 Å². The number of hydrogen-bond acceptors (Lipinski definition) is 10. The number of hydrazine groups is 1. The third-order valence-corrected chi connectivity index (χ3v) is 13.5. The number of cyclic esters (lactones) is 1. The van der Waals surface area contributed by atoms with E-state index in [1.54, 1.807) is 24.1 Å². The molecular formula is C52H68N8O7. The summed E-state index contributed by atoms with van der Waals surface area (Å²) >= 11 is 0. The maximum absolute atomic E-state index is 14.7. The smallest absolute Gasteiger partial charge is 0.324 e. The number of nitrogens with zero attached hydrogens (tertiary/aromatic N) is 6. The van der Waals surface area contributed by atoms with Crippen molar-refractivity contribution in [1.82, 2.24) is 40.0 Å². The van der Waals surface area contributed by atoms with E-state index >= 15 is 0 Å². The lowest BCUT2D eigenvalue weighted by atomic mass is 9.84. The Morgan fingerprint density at radius 1 is 1.06 bits per heavy atom. The molecule has 2 fully saturated rings. The molecule has 4 aromatic rings. The van der Waals surface area contributed by atoms with Gasteiger partial charge < -0.3 is 34.4 Å². The molecule has 3 aliphatic heterocycles. The number of phenols is 1. The zero-order chi connectivity index (χ0) is 48.3. The molecule has 0 aliphatic carbocycles. The topological polar surface area (TPSA) is 170 Å². The van der Waals surface area contributed by atoms with Crippen LogP contribution in [0.1, 0.15) is 70.6 Å². The average Bonchev–Trinajstić information content (AvgIpc) is 3.91. The first kappa shape index (κ1) is 48.9. The number of benzene rings is 2. The second-order valence-electron chi connectivity index (χ2n) is 20.0. The molecule has 15 nitrogen and oxygen atoms in total. The second kappa shape index (κ2) is 20.4. The zero-order valence-electron chi connectivity index (χ0n) is 40.4. The van der Waals surface area contributed by atoms with E-state index in [2.05, 4.69) is 76.8 Å². The highest BCUT2D eigenvalue weighted by Crippen LogP contribution is 2.41. The fourth-order valence-electron chi connectivity index (χ4n) is 10.2. The molecule has 358 valence electrons. The number of carbonyl (C=O) groups excluding carboxylic acids is 5. The minimum absolute atomic E-state index is 0.0368. The second-order valence-corrected chi connectivity index (χ2v) is 20.0. The summed E-state index contributed by atoms with van der Waals surface area (Å²) in [6, 6.07) is 12.2. The summed E-state index contributed by atoms with van der Waals surface area (Å²) in [6.45, 7) is 16.1. The number of hydrogen-bond donors (Lipinski definition) is 3. The zero-order valence-corrected chi connectivity index (χ0v) is 40.4. The molecule has 0 saturated carbocycles. The number of amides is 4. The number of aromatic nitrogens is 2. The summed E-state index contributed by atoms with van der Waals surface area (Å²) in [5, 5.41) is 16.9. The molecule has 4 atom stereocenters. The fraction of sp³-hybridized carbons (Fsp3) is 0.500. The Morgan fingerprint density at radius 2 is 1.84 bits per heavy atom. The number of aromatic hydroxyl groups is 1. The van der Waals surface area contributed by atoms with Crippen molar-refractivity contribution in [2.24, 2.45) is 23.2 Å². The van der Waals surface area contributed by atoms with Crippen LogP contribution in [0.4, 0.5) is 0 Å². The Morgan fingerprint density at radius 3 is 2.55 bits per heavy atom. The number of fused-ring (bicyclic) bond motifs is 6. The normalized spacial score (nSPS) is 20.4. The van der Waals surface area contributed by atoms with Crippen LogP contribution in [0, 0.1) is 23.2 Å². The molecule has 0 spiro atoms. The molecule has 7 rings (SSSR count). The van der Waals surface area contributed by atoms with E-state index < -0.39 is 41.2 Å². The Kier molecular flexibility index (Phi) is 14.9. The fourth-order valence-corrected chi connectivity index (χ4v) is 10.2. The Hall–Kier alpha value is -6.06. The Balaban J connectivity index is 1.26. The summed E-state index contributed by atoms with van der Waals surface area (Å²) in [7, 11) is 5.70. The third kappa shape index (κ3) is 10.7. The Labute approximate surface area is 394 Å². The number of esters is 1. The molecule has 15 heteroatoms. The van der Waals surface area contributed by atoms with Crippen LogP contribution < -0.4 is 10.7 Å². The van der Waals surface area contributed by atoms with Crippen LogP contribution >= 0.6 is 0 Å². The lowest BCUT2D eigenvalue weighted by molar-refractivity contribution is -0.155. The summed E-state index contributed by atoms with van der Waals surface area (Å²) in [5.74, 6) is -3.16. The van der Waals surface area contributed by atoms with Gasteiger partial charge in [0.25, 0.3) is 0 Å². The predicted octanol–water partition coefficient (Wildman–Crippen LogP) is 5.57. The monoisotopic (exact) mass is 917 g/mol. The first-order valence-corrected chi connectivity index (χ1v) is 23.7.